The lowest BCUT2D eigenvalue weighted by molar-refractivity contribution is -0.127. The summed E-state index contributed by atoms with van der Waals surface area (Å²) in [7, 11) is 0. The summed E-state index contributed by atoms with van der Waals surface area (Å²) in [6.07, 6.45) is 5.65. The monoisotopic (exact) mass is 340 g/mol. The van der Waals surface area contributed by atoms with Crippen molar-refractivity contribution in [2.75, 3.05) is 6.54 Å². The molecule has 0 aromatic heterocycles. The van der Waals surface area contributed by atoms with Crippen LogP contribution < -0.4 is 15.8 Å². The number of benzene rings is 1. The van der Waals surface area contributed by atoms with E-state index in [2.05, 4.69) is 12.2 Å². The predicted octanol–water partition coefficient (Wildman–Crippen LogP) is 3.35. The molecule has 1 aromatic carbocycles. The van der Waals surface area contributed by atoms with Gasteiger partial charge in [0.1, 0.15) is 11.9 Å². The summed E-state index contributed by atoms with van der Waals surface area (Å²) in [6, 6.07) is 7.94. The van der Waals surface area contributed by atoms with Crippen LogP contribution in [0.25, 0.3) is 0 Å². The highest BCUT2D eigenvalue weighted by Crippen LogP contribution is 2.26. The molecule has 0 aliphatic heterocycles. The fraction of sp³-hybridized carbons (Fsp3) is 0.611. The summed E-state index contributed by atoms with van der Waals surface area (Å²) in [6.45, 7) is 4.59. The van der Waals surface area contributed by atoms with Crippen LogP contribution in [-0.4, -0.2) is 24.1 Å². The lowest BCUT2D eigenvalue weighted by Gasteiger charge is -2.32. The lowest BCUT2D eigenvalue weighted by atomic mass is 9.82. The molecule has 5 heteroatoms. The molecule has 23 heavy (non-hydrogen) atoms. The van der Waals surface area contributed by atoms with Crippen LogP contribution in [0.1, 0.15) is 51.0 Å². The van der Waals surface area contributed by atoms with Crippen LogP contribution in [0.3, 0.4) is 0 Å². The Morgan fingerprint density at radius 1 is 1.30 bits per heavy atom. The van der Waals surface area contributed by atoms with Gasteiger partial charge in [-0.15, -0.1) is 12.4 Å². The Balaban J connectivity index is 0.00000264. The number of ether oxygens (including phenoxy) is 1. The Hall–Kier alpha value is -1.26. The quantitative estimate of drug-likeness (QED) is 0.834. The van der Waals surface area contributed by atoms with Gasteiger partial charge in [0.05, 0.1) is 12.1 Å². The maximum absolute atomic E-state index is 12.4. The van der Waals surface area contributed by atoms with E-state index >= 15 is 0 Å². The van der Waals surface area contributed by atoms with Crippen molar-refractivity contribution in [3.05, 3.63) is 29.8 Å². The van der Waals surface area contributed by atoms with Crippen LogP contribution in [0.4, 0.5) is 0 Å². The Morgan fingerprint density at radius 2 is 1.96 bits per heavy atom. The second kappa shape index (κ2) is 9.14. The Kier molecular flexibility index (Phi) is 7.86. The van der Waals surface area contributed by atoms with Gasteiger partial charge in [-0.3, -0.25) is 4.79 Å². The van der Waals surface area contributed by atoms with Crippen molar-refractivity contribution in [1.29, 1.82) is 0 Å². The first-order valence-corrected chi connectivity index (χ1v) is 8.34. The number of amides is 1. The van der Waals surface area contributed by atoms with Crippen LogP contribution in [0, 0.1) is 6.92 Å². The zero-order chi connectivity index (χ0) is 16.0. The van der Waals surface area contributed by atoms with Gasteiger partial charge in [0.25, 0.3) is 0 Å². The number of nitrogens with one attached hydrogen (secondary N) is 1. The molecule has 0 heterocycles. The Morgan fingerprint density at radius 3 is 2.57 bits per heavy atom. The highest BCUT2D eigenvalue weighted by atomic mass is 35.5. The third-order valence-corrected chi connectivity index (χ3v) is 4.53. The van der Waals surface area contributed by atoms with Crippen molar-refractivity contribution in [2.24, 2.45) is 5.73 Å². The number of carbonyl (C=O) groups excluding carboxylic acids is 1. The second-order valence-corrected chi connectivity index (χ2v) is 6.34. The van der Waals surface area contributed by atoms with E-state index in [0.29, 0.717) is 6.54 Å². The molecule has 1 aliphatic carbocycles. The minimum Gasteiger partial charge on any atom is -0.488 e. The molecule has 0 spiro atoms. The summed E-state index contributed by atoms with van der Waals surface area (Å²) in [5, 5.41) is 2.99. The molecule has 0 radical (unpaired) electrons. The molecule has 4 nitrogen and oxygen atoms in total. The van der Waals surface area contributed by atoms with E-state index in [1.54, 1.807) is 0 Å². The van der Waals surface area contributed by atoms with E-state index in [-0.39, 0.29) is 24.4 Å². The van der Waals surface area contributed by atoms with Crippen LogP contribution in [0.15, 0.2) is 24.3 Å². The maximum Gasteiger partial charge on any atom is 0.240 e. The highest BCUT2D eigenvalue weighted by molar-refractivity contribution is 5.86. The third kappa shape index (κ3) is 5.40. The largest absolute Gasteiger partial charge is 0.488 e. The third-order valence-electron chi connectivity index (χ3n) is 4.53. The van der Waals surface area contributed by atoms with Crippen LogP contribution in [0.2, 0.25) is 0 Å². The van der Waals surface area contributed by atoms with Crippen molar-refractivity contribution < 1.29 is 9.53 Å². The fourth-order valence-corrected chi connectivity index (χ4v) is 2.93. The smallest absolute Gasteiger partial charge is 0.240 e. The second-order valence-electron chi connectivity index (χ2n) is 6.34. The van der Waals surface area contributed by atoms with Crippen molar-refractivity contribution in [3.63, 3.8) is 0 Å². The van der Waals surface area contributed by atoms with E-state index in [1.165, 1.54) is 6.42 Å². The normalized spacial score (nSPS) is 17.7. The molecule has 1 atom stereocenters. The van der Waals surface area contributed by atoms with E-state index in [4.69, 9.17) is 10.5 Å². The van der Waals surface area contributed by atoms with Crippen LogP contribution in [0.5, 0.6) is 5.75 Å². The maximum atomic E-state index is 12.4. The van der Waals surface area contributed by atoms with Gasteiger partial charge in [0, 0.05) is 0 Å². The molecule has 0 bridgehead atoms. The number of carbonyl (C=O) groups is 1. The molecular weight excluding hydrogens is 312 g/mol. The summed E-state index contributed by atoms with van der Waals surface area (Å²) < 4.78 is 6.01. The lowest BCUT2D eigenvalue weighted by Crippen LogP contribution is -2.56. The Bertz CT molecular complexity index is 502. The number of halogens is 1. The van der Waals surface area contributed by atoms with Crippen LogP contribution in [-0.2, 0) is 4.79 Å². The van der Waals surface area contributed by atoms with Gasteiger partial charge < -0.3 is 15.8 Å². The van der Waals surface area contributed by atoms with Gasteiger partial charge in [0.15, 0.2) is 0 Å². The van der Waals surface area contributed by atoms with Crippen molar-refractivity contribution in [2.45, 2.75) is 64.0 Å². The molecule has 1 aromatic rings. The number of nitrogens with two attached hydrogens (primary N) is 1. The SMILES string of the molecule is CCC(CNC(=O)C1(N)CCCCC1)Oc1ccccc1C.Cl. The topological polar surface area (TPSA) is 64.4 Å². The molecule has 130 valence electrons. The van der Waals surface area contributed by atoms with E-state index in [1.807, 2.05) is 31.2 Å². The molecule has 1 saturated carbocycles. The minimum absolute atomic E-state index is 0. The molecule has 1 amide bonds. The summed E-state index contributed by atoms with van der Waals surface area (Å²) >= 11 is 0. The van der Waals surface area contributed by atoms with Crippen molar-refractivity contribution in [3.8, 4) is 5.75 Å². The first-order valence-electron chi connectivity index (χ1n) is 8.34. The molecule has 1 fully saturated rings. The van der Waals surface area contributed by atoms with Crippen molar-refractivity contribution >= 4 is 18.3 Å². The molecule has 3 N–H and O–H groups in total. The molecule has 0 saturated heterocycles. The van der Waals surface area contributed by atoms with Gasteiger partial charge in [-0.2, -0.15) is 0 Å². The van der Waals surface area contributed by atoms with E-state index in [0.717, 1.165) is 43.4 Å². The average Bonchev–Trinajstić information content (AvgIpc) is 2.53. The first kappa shape index (κ1) is 19.8. The summed E-state index contributed by atoms with van der Waals surface area (Å²) in [5.74, 6) is 0.850. The van der Waals surface area contributed by atoms with Gasteiger partial charge >= 0.3 is 0 Å². The molecule has 2 rings (SSSR count). The van der Waals surface area contributed by atoms with Gasteiger partial charge in [-0.25, -0.2) is 0 Å². The van der Waals surface area contributed by atoms with Crippen LogP contribution >= 0.6 is 12.4 Å². The van der Waals surface area contributed by atoms with E-state index in [9.17, 15) is 4.79 Å². The number of hydrogen-bond donors (Lipinski definition) is 2. The number of aryl methyl sites for hydroxylation is 1. The standard InChI is InChI=1S/C18H28N2O2.ClH/c1-3-15(22-16-10-6-5-9-14(16)2)13-20-17(21)18(19)11-7-4-8-12-18;/h5-6,9-10,15H,3-4,7-8,11-13,19H2,1-2H3,(H,20,21);1H. The summed E-state index contributed by atoms with van der Waals surface area (Å²) in [5.41, 5.74) is 6.68. The summed E-state index contributed by atoms with van der Waals surface area (Å²) in [4.78, 5) is 12.4. The fourth-order valence-electron chi connectivity index (χ4n) is 2.93. The zero-order valence-corrected chi connectivity index (χ0v) is 15.0. The Labute approximate surface area is 145 Å². The molecular formula is C18H29ClN2O2. The number of hydrogen-bond acceptors (Lipinski definition) is 3. The minimum atomic E-state index is -0.681. The highest BCUT2D eigenvalue weighted by Gasteiger charge is 2.35. The zero-order valence-electron chi connectivity index (χ0n) is 14.1. The van der Waals surface area contributed by atoms with Gasteiger partial charge in [-0.05, 0) is 37.8 Å². The predicted molar refractivity (Wildman–Crippen MR) is 96.1 cm³/mol. The molecule has 1 unspecified atom stereocenters. The average molecular weight is 341 g/mol. The van der Waals surface area contributed by atoms with E-state index < -0.39 is 5.54 Å². The number of para-hydroxylation sites is 1. The number of rotatable bonds is 6. The van der Waals surface area contributed by atoms with Gasteiger partial charge in [0.2, 0.25) is 5.91 Å². The molecule has 1 aliphatic rings. The van der Waals surface area contributed by atoms with Gasteiger partial charge in [-0.1, -0.05) is 44.4 Å². The first-order chi connectivity index (χ1) is 10.5. The van der Waals surface area contributed by atoms with Crippen molar-refractivity contribution in [1.82, 2.24) is 5.32 Å².